The number of hydrogen-bond acceptors (Lipinski definition) is 1. The molecule has 2 N–H and O–H groups in total. The molecule has 0 amide bonds. The van der Waals surface area contributed by atoms with Crippen molar-refractivity contribution < 1.29 is 13.2 Å². The standard InChI is InChI=1S/C9H8ClF3N2S/c1-14-8(16)15-5-2-3-7(10)6(4-5)9(11,12)13/h2-4H,1H3,(H2,14,15,16). The first-order valence-corrected chi connectivity index (χ1v) is 4.98. The van der Waals surface area contributed by atoms with E-state index >= 15 is 0 Å². The average molecular weight is 269 g/mol. The first-order valence-electron chi connectivity index (χ1n) is 4.20. The molecule has 7 heteroatoms. The fourth-order valence-electron chi connectivity index (χ4n) is 1.01. The number of benzene rings is 1. The highest BCUT2D eigenvalue weighted by Crippen LogP contribution is 2.36. The van der Waals surface area contributed by atoms with Gasteiger partial charge in [-0.05, 0) is 30.4 Å². The van der Waals surface area contributed by atoms with E-state index in [1.165, 1.54) is 12.1 Å². The Balaban J connectivity index is 3.03. The molecular weight excluding hydrogens is 261 g/mol. The van der Waals surface area contributed by atoms with Crippen molar-refractivity contribution in [1.29, 1.82) is 0 Å². The molecule has 0 radical (unpaired) electrons. The molecular formula is C9H8ClF3N2S. The van der Waals surface area contributed by atoms with E-state index in [4.69, 9.17) is 23.8 Å². The van der Waals surface area contributed by atoms with E-state index in [9.17, 15) is 13.2 Å². The van der Waals surface area contributed by atoms with E-state index in [-0.39, 0.29) is 15.8 Å². The maximum atomic E-state index is 12.5. The van der Waals surface area contributed by atoms with Crippen LogP contribution in [0.25, 0.3) is 0 Å². The molecule has 0 saturated heterocycles. The Morgan fingerprint density at radius 2 is 2.00 bits per heavy atom. The van der Waals surface area contributed by atoms with Gasteiger partial charge in [-0.15, -0.1) is 0 Å². The Morgan fingerprint density at radius 3 is 2.50 bits per heavy atom. The molecule has 0 bridgehead atoms. The molecule has 16 heavy (non-hydrogen) atoms. The predicted octanol–water partition coefficient (Wildman–Crippen LogP) is 3.28. The quantitative estimate of drug-likeness (QED) is 0.765. The molecule has 0 aliphatic heterocycles. The monoisotopic (exact) mass is 268 g/mol. The van der Waals surface area contributed by atoms with Crippen LogP contribution in [0.1, 0.15) is 5.56 Å². The summed E-state index contributed by atoms with van der Waals surface area (Å²) in [7, 11) is 1.57. The van der Waals surface area contributed by atoms with Gasteiger partial charge in [0.1, 0.15) is 0 Å². The van der Waals surface area contributed by atoms with Crippen LogP contribution < -0.4 is 10.6 Å². The molecule has 0 fully saturated rings. The van der Waals surface area contributed by atoms with Gasteiger partial charge in [0, 0.05) is 12.7 Å². The van der Waals surface area contributed by atoms with Gasteiger partial charge in [-0.2, -0.15) is 13.2 Å². The van der Waals surface area contributed by atoms with Crippen LogP contribution in [0.2, 0.25) is 5.02 Å². The number of alkyl halides is 3. The van der Waals surface area contributed by atoms with E-state index in [1.54, 1.807) is 7.05 Å². The largest absolute Gasteiger partial charge is 0.417 e. The van der Waals surface area contributed by atoms with Crippen LogP contribution >= 0.6 is 23.8 Å². The van der Waals surface area contributed by atoms with Crippen LogP contribution in [0.3, 0.4) is 0 Å². The number of hydrogen-bond donors (Lipinski definition) is 2. The summed E-state index contributed by atoms with van der Waals surface area (Å²) < 4.78 is 37.5. The molecule has 1 rings (SSSR count). The molecule has 0 aliphatic carbocycles. The van der Waals surface area contributed by atoms with Crippen LogP contribution in [0.4, 0.5) is 18.9 Å². The number of anilines is 1. The van der Waals surface area contributed by atoms with Crippen molar-refractivity contribution in [2.45, 2.75) is 6.18 Å². The van der Waals surface area contributed by atoms with Gasteiger partial charge in [-0.25, -0.2) is 0 Å². The SMILES string of the molecule is CNC(=S)Nc1ccc(Cl)c(C(F)(F)F)c1. The van der Waals surface area contributed by atoms with Gasteiger partial charge >= 0.3 is 6.18 Å². The normalized spacial score (nSPS) is 11.1. The fourth-order valence-corrected chi connectivity index (χ4v) is 1.36. The van der Waals surface area contributed by atoms with Crippen molar-refractivity contribution in [3.8, 4) is 0 Å². The minimum Gasteiger partial charge on any atom is -0.366 e. The van der Waals surface area contributed by atoms with Crippen molar-refractivity contribution in [3.63, 3.8) is 0 Å². The van der Waals surface area contributed by atoms with E-state index in [0.717, 1.165) is 6.07 Å². The highest BCUT2D eigenvalue weighted by Gasteiger charge is 2.33. The molecule has 2 nitrogen and oxygen atoms in total. The summed E-state index contributed by atoms with van der Waals surface area (Å²) in [4.78, 5) is 0. The minimum atomic E-state index is -4.48. The smallest absolute Gasteiger partial charge is 0.366 e. The summed E-state index contributed by atoms with van der Waals surface area (Å²) in [6.07, 6.45) is -4.48. The van der Waals surface area contributed by atoms with Gasteiger partial charge in [-0.1, -0.05) is 11.6 Å². The third-order valence-corrected chi connectivity index (χ3v) is 2.39. The zero-order valence-electron chi connectivity index (χ0n) is 8.15. The van der Waals surface area contributed by atoms with Gasteiger partial charge in [0.25, 0.3) is 0 Å². The molecule has 88 valence electrons. The Bertz CT molecular complexity index is 406. The van der Waals surface area contributed by atoms with Crippen molar-refractivity contribution in [1.82, 2.24) is 5.32 Å². The molecule has 1 aromatic carbocycles. The summed E-state index contributed by atoms with van der Waals surface area (Å²) in [6, 6.07) is 3.50. The third-order valence-electron chi connectivity index (χ3n) is 1.76. The van der Waals surface area contributed by atoms with Crippen molar-refractivity contribution in [2.24, 2.45) is 0 Å². The van der Waals surface area contributed by atoms with Crippen molar-refractivity contribution in [2.75, 3.05) is 12.4 Å². The van der Waals surface area contributed by atoms with Gasteiger partial charge in [-0.3, -0.25) is 0 Å². The van der Waals surface area contributed by atoms with Crippen LogP contribution in [0, 0.1) is 0 Å². The average Bonchev–Trinajstić information content (AvgIpc) is 2.19. The molecule has 0 spiro atoms. The zero-order valence-corrected chi connectivity index (χ0v) is 9.72. The molecule has 0 aliphatic rings. The highest BCUT2D eigenvalue weighted by atomic mass is 35.5. The molecule has 0 aromatic heterocycles. The predicted molar refractivity (Wildman–Crippen MR) is 61.7 cm³/mol. The molecule has 0 unspecified atom stereocenters. The second-order valence-corrected chi connectivity index (χ2v) is 3.71. The van der Waals surface area contributed by atoms with Crippen molar-refractivity contribution in [3.05, 3.63) is 28.8 Å². The maximum Gasteiger partial charge on any atom is 0.417 e. The van der Waals surface area contributed by atoms with E-state index in [1.807, 2.05) is 0 Å². The van der Waals surface area contributed by atoms with Gasteiger partial charge in [0.15, 0.2) is 5.11 Å². The molecule has 1 aromatic rings. The lowest BCUT2D eigenvalue weighted by Crippen LogP contribution is -2.24. The first-order chi connectivity index (χ1) is 7.34. The maximum absolute atomic E-state index is 12.5. The van der Waals surface area contributed by atoms with Crippen molar-refractivity contribution >= 4 is 34.6 Å². The van der Waals surface area contributed by atoms with Crippen LogP contribution in [0.5, 0.6) is 0 Å². The second kappa shape index (κ2) is 4.88. The van der Waals surface area contributed by atoms with Gasteiger partial charge in [0.05, 0.1) is 10.6 Å². The Morgan fingerprint density at radius 1 is 1.38 bits per heavy atom. The van der Waals surface area contributed by atoms with Crippen LogP contribution in [0.15, 0.2) is 18.2 Å². The minimum absolute atomic E-state index is 0.232. The zero-order chi connectivity index (χ0) is 12.3. The number of nitrogens with one attached hydrogen (secondary N) is 2. The number of thiocarbonyl (C=S) groups is 1. The Labute approximate surface area is 101 Å². The first kappa shape index (κ1) is 13.1. The van der Waals surface area contributed by atoms with E-state index in [2.05, 4.69) is 10.6 Å². The fraction of sp³-hybridized carbons (Fsp3) is 0.222. The summed E-state index contributed by atoms with van der Waals surface area (Å²) in [6.45, 7) is 0. The Hall–Kier alpha value is -1.01. The summed E-state index contributed by atoms with van der Waals surface area (Å²) in [5, 5.41) is 5.08. The van der Waals surface area contributed by atoms with Crippen LogP contribution in [-0.2, 0) is 6.18 Å². The van der Waals surface area contributed by atoms with Gasteiger partial charge < -0.3 is 10.6 Å². The van der Waals surface area contributed by atoms with Crippen LogP contribution in [-0.4, -0.2) is 12.2 Å². The lowest BCUT2D eigenvalue weighted by Gasteiger charge is -2.12. The molecule has 0 atom stereocenters. The molecule has 0 saturated carbocycles. The Kier molecular flexibility index (Phi) is 3.98. The summed E-state index contributed by atoms with van der Waals surface area (Å²) >= 11 is 10.2. The lowest BCUT2D eigenvalue weighted by molar-refractivity contribution is -0.137. The second-order valence-electron chi connectivity index (χ2n) is 2.90. The summed E-state index contributed by atoms with van der Waals surface area (Å²) in [5.74, 6) is 0. The number of halogens is 4. The number of rotatable bonds is 1. The summed E-state index contributed by atoms with van der Waals surface area (Å²) in [5.41, 5.74) is -0.658. The topological polar surface area (TPSA) is 24.1 Å². The van der Waals surface area contributed by atoms with E-state index in [0.29, 0.717) is 0 Å². The van der Waals surface area contributed by atoms with Gasteiger partial charge in [0.2, 0.25) is 0 Å². The third kappa shape index (κ3) is 3.24. The lowest BCUT2D eigenvalue weighted by atomic mass is 10.2. The highest BCUT2D eigenvalue weighted by molar-refractivity contribution is 7.80. The van der Waals surface area contributed by atoms with E-state index < -0.39 is 11.7 Å². The molecule has 0 heterocycles.